The van der Waals surface area contributed by atoms with Crippen LogP contribution in [0.25, 0.3) is 0 Å². The van der Waals surface area contributed by atoms with Crippen LogP contribution in [0.4, 0.5) is 0 Å². The van der Waals surface area contributed by atoms with Crippen LogP contribution in [0.2, 0.25) is 0 Å². The molecule has 2 unspecified atom stereocenters. The first-order valence-electron chi connectivity index (χ1n) is 7.70. The number of nitrogens with zero attached hydrogens (tertiary/aromatic N) is 2. The molecule has 0 amide bonds. The van der Waals surface area contributed by atoms with E-state index >= 15 is 0 Å². The van der Waals surface area contributed by atoms with Gasteiger partial charge in [0, 0.05) is 25.3 Å². The summed E-state index contributed by atoms with van der Waals surface area (Å²) in [5.41, 5.74) is 7.46. The lowest BCUT2D eigenvalue weighted by atomic mass is 9.91. The topological polar surface area (TPSA) is 53.1 Å². The first kappa shape index (κ1) is 13.1. The third-order valence-corrected chi connectivity index (χ3v) is 4.61. The van der Waals surface area contributed by atoms with E-state index in [0.717, 1.165) is 31.7 Å². The van der Waals surface area contributed by atoms with Gasteiger partial charge in [-0.15, -0.1) is 0 Å². The van der Waals surface area contributed by atoms with Crippen LogP contribution in [-0.4, -0.2) is 29.0 Å². The van der Waals surface area contributed by atoms with E-state index in [2.05, 4.69) is 16.9 Å². The lowest BCUT2D eigenvalue weighted by Crippen LogP contribution is -2.37. The Bertz CT molecular complexity index is 392. The van der Waals surface area contributed by atoms with Gasteiger partial charge in [-0.1, -0.05) is 12.8 Å². The van der Waals surface area contributed by atoms with Crippen LogP contribution >= 0.6 is 0 Å². The van der Waals surface area contributed by atoms with E-state index in [1.54, 1.807) is 0 Å². The lowest BCUT2D eigenvalue weighted by molar-refractivity contribution is 0.0448. The molecule has 1 saturated carbocycles. The molecule has 1 aromatic heterocycles. The summed E-state index contributed by atoms with van der Waals surface area (Å²) in [5.74, 6) is 0.505. The van der Waals surface area contributed by atoms with E-state index in [1.807, 2.05) is 0 Å². The Labute approximate surface area is 115 Å². The highest BCUT2D eigenvalue weighted by Gasteiger charge is 2.23. The molecule has 4 nitrogen and oxygen atoms in total. The zero-order valence-electron chi connectivity index (χ0n) is 11.6. The molecule has 0 radical (unpaired) electrons. The number of hydrogen-bond acceptors (Lipinski definition) is 3. The third kappa shape index (κ3) is 3.18. The molecular weight excluding hydrogens is 238 g/mol. The Morgan fingerprint density at radius 2 is 2.16 bits per heavy atom. The maximum Gasteiger partial charge on any atom is 0.0640 e. The predicted octanol–water partition coefficient (Wildman–Crippen LogP) is 2.29. The van der Waals surface area contributed by atoms with Crippen molar-refractivity contribution in [2.75, 3.05) is 13.2 Å². The maximum atomic E-state index is 6.31. The Kier molecular flexibility index (Phi) is 4.18. The van der Waals surface area contributed by atoms with Gasteiger partial charge >= 0.3 is 0 Å². The van der Waals surface area contributed by atoms with Gasteiger partial charge in [0.05, 0.1) is 18.3 Å². The summed E-state index contributed by atoms with van der Waals surface area (Å²) < 4.78 is 7.68. The van der Waals surface area contributed by atoms with E-state index in [-0.39, 0.29) is 6.04 Å². The van der Waals surface area contributed by atoms with Gasteiger partial charge in [0.1, 0.15) is 0 Å². The summed E-state index contributed by atoms with van der Waals surface area (Å²) in [6, 6.07) is 2.96. The quantitative estimate of drug-likeness (QED) is 0.907. The van der Waals surface area contributed by atoms with Crippen molar-refractivity contribution in [2.24, 2.45) is 11.7 Å². The molecule has 19 heavy (non-hydrogen) atoms. The Balaban J connectivity index is 1.56. The first-order valence-corrected chi connectivity index (χ1v) is 7.70. The van der Waals surface area contributed by atoms with Crippen LogP contribution in [0, 0.1) is 5.92 Å². The summed E-state index contributed by atoms with van der Waals surface area (Å²) in [4.78, 5) is 0. The van der Waals surface area contributed by atoms with Crippen molar-refractivity contribution in [1.29, 1.82) is 0 Å². The fourth-order valence-corrected chi connectivity index (χ4v) is 3.37. The van der Waals surface area contributed by atoms with Crippen molar-refractivity contribution >= 4 is 0 Å². The number of aromatic nitrogens is 2. The van der Waals surface area contributed by atoms with Gasteiger partial charge in [0.15, 0.2) is 0 Å². The van der Waals surface area contributed by atoms with Crippen LogP contribution < -0.4 is 5.73 Å². The van der Waals surface area contributed by atoms with Gasteiger partial charge in [0.2, 0.25) is 0 Å². The van der Waals surface area contributed by atoms with E-state index in [4.69, 9.17) is 15.6 Å². The predicted molar refractivity (Wildman–Crippen MR) is 75.0 cm³/mol. The molecule has 2 fully saturated rings. The van der Waals surface area contributed by atoms with Crippen LogP contribution in [0.1, 0.15) is 50.3 Å². The number of rotatable bonds is 4. The lowest BCUT2D eigenvalue weighted by Gasteiger charge is -2.27. The van der Waals surface area contributed by atoms with Gasteiger partial charge in [-0.3, -0.25) is 4.68 Å². The molecule has 2 atom stereocenters. The molecule has 0 bridgehead atoms. The fourth-order valence-electron chi connectivity index (χ4n) is 3.37. The molecular formula is C15H25N3O. The Hall–Kier alpha value is -0.870. The van der Waals surface area contributed by atoms with Gasteiger partial charge in [-0.2, -0.15) is 5.10 Å². The summed E-state index contributed by atoms with van der Waals surface area (Å²) in [5, 5.41) is 4.72. The van der Waals surface area contributed by atoms with Crippen molar-refractivity contribution < 1.29 is 4.74 Å². The van der Waals surface area contributed by atoms with Gasteiger partial charge in [-0.05, 0) is 37.7 Å². The molecule has 3 rings (SSSR count). The second-order valence-electron chi connectivity index (χ2n) is 6.07. The molecule has 1 saturated heterocycles. The highest BCUT2D eigenvalue weighted by atomic mass is 16.5. The minimum absolute atomic E-state index is 0.187. The molecule has 4 heteroatoms. The van der Waals surface area contributed by atoms with Crippen LogP contribution in [0.5, 0.6) is 0 Å². The summed E-state index contributed by atoms with van der Waals surface area (Å²) in [6.07, 6.45) is 10.6. The summed E-state index contributed by atoms with van der Waals surface area (Å²) in [6.45, 7) is 1.73. The van der Waals surface area contributed by atoms with Crippen molar-refractivity contribution in [1.82, 2.24) is 9.78 Å². The first-order chi connectivity index (χ1) is 9.33. The maximum absolute atomic E-state index is 6.31. The number of ether oxygens (including phenoxy) is 1. The van der Waals surface area contributed by atoms with Crippen molar-refractivity contribution in [3.05, 3.63) is 18.0 Å². The average Bonchev–Trinajstić information content (AvgIpc) is 3.10. The largest absolute Gasteiger partial charge is 0.381 e. The van der Waals surface area contributed by atoms with Crippen molar-refractivity contribution in [3.63, 3.8) is 0 Å². The number of nitrogens with two attached hydrogens (primary N) is 1. The molecule has 0 spiro atoms. The fraction of sp³-hybridized carbons (Fsp3) is 0.800. The van der Waals surface area contributed by atoms with E-state index < -0.39 is 0 Å². The second kappa shape index (κ2) is 6.06. The van der Waals surface area contributed by atoms with Crippen LogP contribution in [0.15, 0.2) is 12.3 Å². The SMILES string of the molecule is NC(Cc1ccn(C2CCCC2)n1)C1CCCOC1. The van der Waals surface area contributed by atoms with E-state index in [9.17, 15) is 0 Å². The smallest absolute Gasteiger partial charge is 0.0640 e. The second-order valence-corrected chi connectivity index (χ2v) is 6.07. The van der Waals surface area contributed by atoms with Gasteiger partial charge < -0.3 is 10.5 Å². The van der Waals surface area contributed by atoms with Gasteiger partial charge in [-0.25, -0.2) is 0 Å². The molecule has 1 aliphatic carbocycles. The summed E-state index contributed by atoms with van der Waals surface area (Å²) >= 11 is 0. The highest BCUT2D eigenvalue weighted by molar-refractivity contribution is 5.03. The standard InChI is InChI=1S/C15H25N3O/c16-15(12-4-3-9-19-11-12)10-13-7-8-18(17-13)14-5-1-2-6-14/h7-8,12,14-15H,1-6,9-11,16H2. The zero-order chi connectivity index (χ0) is 13.1. The van der Waals surface area contributed by atoms with Gasteiger partial charge in [0.25, 0.3) is 0 Å². The molecule has 2 aliphatic rings. The molecule has 106 valence electrons. The molecule has 2 heterocycles. The minimum Gasteiger partial charge on any atom is -0.381 e. The normalized spacial score (nSPS) is 26.7. The highest BCUT2D eigenvalue weighted by Crippen LogP contribution is 2.29. The Morgan fingerprint density at radius 1 is 1.32 bits per heavy atom. The minimum atomic E-state index is 0.187. The number of hydrogen-bond donors (Lipinski definition) is 1. The van der Waals surface area contributed by atoms with E-state index in [0.29, 0.717) is 12.0 Å². The Morgan fingerprint density at radius 3 is 2.89 bits per heavy atom. The molecule has 2 N–H and O–H groups in total. The van der Waals surface area contributed by atoms with Crippen LogP contribution in [0.3, 0.4) is 0 Å². The monoisotopic (exact) mass is 263 g/mol. The van der Waals surface area contributed by atoms with Crippen LogP contribution in [-0.2, 0) is 11.2 Å². The van der Waals surface area contributed by atoms with E-state index in [1.165, 1.54) is 32.1 Å². The average molecular weight is 263 g/mol. The van der Waals surface area contributed by atoms with Crippen molar-refractivity contribution in [3.8, 4) is 0 Å². The molecule has 1 aromatic rings. The molecule has 0 aromatic carbocycles. The zero-order valence-corrected chi connectivity index (χ0v) is 11.6. The summed E-state index contributed by atoms with van der Waals surface area (Å²) in [7, 11) is 0. The van der Waals surface area contributed by atoms with Crippen molar-refractivity contribution in [2.45, 2.75) is 57.0 Å². The molecule has 1 aliphatic heterocycles. The third-order valence-electron chi connectivity index (χ3n) is 4.61.